The number of hydrogen-bond donors (Lipinski definition) is 2. The third kappa shape index (κ3) is 6.49. The maximum absolute atomic E-state index is 13.6. The fourth-order valence-electron chi connectivity index (χ4n) is 2.02. The van der Waals surface area contributed by atoms with Crippen LogP contribution in [0.1, 0.15) is 32.8 Å². The van der Waals surface area contributed by atoms with E-state index in [4.69, 9.17) is 10.2 Å². The van der Waals surface area contributed by atoms with Gasteiger partial charge in [0.1, 0.15) is 17.7 Å². The zero-order valence-corrected chi connectivity index (χ0v) is 17.0. The van der Waals surface area contributed by atoms with Crippen LogP contribution >= 0.6 is 0 Å². The Kier molecular flexibility index (Phi) is 7.46. The average Bonchev–Trinajstić information content (AvgIpc) is 2.47. The first-order valence-electron chi connectivity index (χ1n) is 8.50. The van der Waals surface area contributed by atoms with Crippen molar-refractivity contribution in [1.82, 2.24) is 5.32 Å². The van der Waals surface area contributed by atoms with Crippen molar-refractivity contribution in [3.05, 3.63) is 35.4 Å². The lowest BCUT2D eigenvalue weighted by molar-refractivity contribution is -0.127. The first-order chi connectivity index (χ1) is 11.8. The molecule has 0 radical (unpaired) electrons. The molecule has 1 rings (SSSR count). The van der Waals surface area contributed by atoms with Gasteiger partial charge in [-0.25, -0.2) is 8.78 Å². The number of halogens is 2. The molecule has 0 aliphatic carbocycles. The van der Waals surface area contributed by atoms with Gasteiger partial charge in [-0.15, -0.1) is 0 Å². The van der Waals surface area contributed by atoms with Crippen LogP contribution in [-0.4, -0.2) is 32.8 Å². The predicted molar refractivity (Wildman–Crippen MR) is 99.0 cm³/mol. The van der Waals surface area contributed by atoms with E-state index in [1.165, 1.54) is 6.07 Å². The highest BCUT2D eigenvalue weighted by Gasteiger charge is 2.37. The lowest BCUT2D eigenvalue weighted by atomic mass is 10.1. The summed E-state index contributed by atoms with van der Waals surface area (Å²) < 4.78 is 32.5. The molecule has 0 saturated heterocycles. The van der Waals surface area contributed by atoms with Gasteiger partial charge in [-0.2, -0.15) is 0 Å². The third-order valence-electron chi connectivity index (χ3n) is 4.72. The molecule has 0 spiro atoms. The highest BCUT2D eigenvalue weighted by atomic mass is 28.4. The Morgan fingerprint density at radius 1 is 1.27 bits per heavy atom. The second-order valence-electron chi connectivity index (χ2n) is 7.83. The van der Waals surface area contributed by atoms with Crippen LogP contribution in [0.4, 0.5) is 8.78 Å². The molecule has 0 aliphatic rings. The molecule has 1 atom stereocenters. The van der Waals surface area contributed by atoms with Crippen molar-refractivity contribution in [3.63, 3.8) is 0 Å². The lowest BCUT2D eigenvalue weighted by Crippen LogP contribution is -2.47. The standard InChI is InChI=1S/C18H28F2N2O3Si/c1-18(2,3)26(4,5)25-9-8-15(17(21)24)22-16(23)10-12-6-7-13(19)11-14(12)20/h6-7,11,15H,8-10H2,1-5H3,(H2,21,24)(H,22,23)/t15-/m1/s1. The Morgan fingerprint density at radius 2 is 1.88 bits per heavy atom. The van der Waals surface area contributed by atoms with Crippen LogP contribution in [0, 0.1) is 11.6 Å². The van der Waals surface area contributed by atoms with Crippen molar-refractivity contribution in [3.8, 4) is 0 Å². The maximum Gasteiger partial charge on any atom is 0.240 e. The fraction of sp³-hybridized carbons (Fsp3) is 0.556. The van der Waals surface area contributed by atoms with E-state index in [2.05, 4.69) is 39.2 Å². The van der Waals surface area contributed by atoms with E-state index < -0.39 is 37.8 Å². The van der Waals surface area contributed by atoms with Crippen molar-refractivity contribution in [2.45, 2.75) is 57.8 Å². The van der Waals surface area contributed by atoms with E-state index in [1.54, 1.807) is 0 Å². The Labute approximate surface area is 154 Å². The molecule has 1 aromatic rings. The van der Waals surface area contributed by atoms with Gasteiger partial charge in [0.2, 0.25) is 11.8 Å². The molecule has 0 unspecified atom stereocenters. The molecule has 0 aromatic heterocycles. The fourth-order valence-corrected chi connectivity index (χ4v) is 3.08. The predicted octanol–water partition coefficient (Wildman–Crippen LogP) is 2.89. The SMILES string of the molecule is CC(C)(C)[Si](C)(C)OCC[C@@H](NC(=O)Cc1ccc(F)cc1F)C(N)=O. The van der Waals surface area contributed by atoms with E-state index in [0.717, 1.165) is 6.07 Å². The number of nitrogens with one attached hydrogen (secondary N) is 1. The van der Waals surface area contributed by atoms with Gasteiger partial charge in [-0.1, -0.05) is 26.8 Å². The summed E-state index contributed by atoms with van der Waals surface area (Å²) in [5.41, 5.74) is 5.39. The largest absolute Gasteiger partial charge is 0.417 e. The Balaban J connectivity index is 2.62. The van der Waals surface area contributed by atoms with Crippen LogP contribution in [0.2, 0.25) is 18.1 Å². The molecule has 0 heterocycles. The minimum Gasteiger partial charge on any atom is -0.417 e. The van der Waals surface area contributed by atoms with Crippen LogP contribution in [0.5, 0.6) is 0 Å². The number of hydrogen-bond acceptors (Lipinski definition) is 3. The molecule has 5 nitrogen and oxygen atoms in total. The topological polar surface area (TPSA) is 81.4 Å². The molecule has 8 heteroatoms. The second-order valence-corrected chi connectivity index (χ2v) is 12.6. The van der Waals surface area contributed by atoms with Crippen LogP contribution < -0.4 is 11.1 Å². The van der Waals surface area contributed by atoms with Crippen LogP contribution in [-0.2, 0) is 20.4 Å². The van der Waals surface area contributed by atoms with Crippen molar-refractivity contribution in [1.29, 1.82) is 0 Å². The van der Waals surface area contributed by atoms with E-state index in [1.807, 2.05) is 0 Å². The summed E-state index contributed by atoms with van der Waals surface area (Å²) in [5, 5.41) is 2.52. The van der Waals surface area contributed by atoms with Crippen LogP contribution in [0.15, 0.2) is 18.2 Å². The van der Waals surface area contributed by atoms with Gasteiger partial charge in [-0.3, -0.25) is 9.59 Å². The van der Waals surface area contributed by atoms with Crippen molar-refractivity contribution in [2.75, 3.05) is 6.61 Å². The monoisotopic (exact) mass is 386 g/mol. The molecule has 146 valence electrons. The van der Waals surface area contributed by atoms with Crippen molar-refractivity contribution >= 4 is 20.1 Å². The highest BCUT2D eigenvalue weighted by molar-refractivity contribution is 6.74. The average molecular weight is 387 g/mol. The van der Waals surface area contributed by atoms with Crippen molar-refractivity contribution in [2.24, 2.45) is 5.73 Å². The summed E-state index contributed by atoms with van der Waals surface area (Å²) in [6, 6.07) is 2.08. The molecule has 0 saturated carbocycles. The summed E-state index contributed by atoms with van der Waals surface area (Å²) in [7, 11) is -1.97. The summed E-state index contributed by atoms with van der Waals surface area (Å²) in [5.74, 6) is -2.77. The van der Waals surface area contributed by atoms with Gasteiger partial charge >= 0.3 is 0 Å². The molecular weight excluding hydrogens is 358 g/mol. The summed E-state index contributed by atoms with van der Waals surface area (Å²) in [6.07, 6.45) is -0.0710. The highest BCUT2D eigenvalue weighted by Crippen LogP contribution is 2.36. The second kappa shape index (κ2) is 8.72. The number of carbonyl (C=O) groups excluding carboxylic acids is 2. The molecule has 1 aromatic carbocycles. The maximum atomic E-state index is 13.6. The molecule has 2 amide bonds. The van der Waals surface area contributed by atoms with E-state index in [-0.39, 0.29) is 30.1 Å². The Hall–Kier alpha value is -1.80. The number of benzene rings is 1. The molecule has 3 N–H and O–H groups in total. The zero-order valence-electron chi connectivity index (χ0n) is 16.0. The number of carbonyl (C=O) groups is 2. The summed E-state index contributed by atoms with van der Waals surface area (Å²) >= 11 is 0. The quantitative estimate of drug-likeness (QED) is 0.674. The van der Waals surface area contributed by atoms with Crippen molar-refractivity contribution < 1.29 is 22.8 Å². The van der Waals surface area contributed by atoms with Gasteiger partial charge in [-0.05, 0) is 36.2 Å². The smallest absolute Gasteiger partial charge is 0.240 e. The first-order valence-corrected chi connectivity index (χ1v) is 11.4. The number of primary amides is 1. The number of nitrogens with two attached hydrogens (primary N) is 1. The van der Waals surface area contributed by atoms with E-state index in [9.17, 15) is 18.4 Å². The van der Waals surface area contributed by atoms with E-state index in [0.29, 0.717) is 6.07 Å². The molecule has 26 heavy (non-hydrogen) atoms. The lowest BCUT2D eigenvalue weighted by Gasteiger charge is -2.36. The molecular formula is C18H28F2N2O3Si. The minimum absolute atomic E-state index is 0.0264. The van der Waals surface area contributed by atoms with Gasteiger partial charge in [0, 0.05) is 12.7 Å². The van der Waals surface area contributed by atoms with Gasteiger partial charge in [0.25, 0.3) is 0 Å². The normalized spacial score (nSPS) is 13.3. The molecule has 0 fully saturated rings. The third-order valence-corrected chi connectivity index (χ3v) is 9.26. The Bertz CT molecular complexity index is 660. The summed E-state index contributed by atoms with van der Waals surface area (Å²) in [6.45, 7) is 10.8. The Morgan fingerprint density at radius 3 is 2.38 bits per heavy atom. The molecule has 0 bridgehead atoms. The molecule has 0 aliphatic heterocycles. The summed E-state index contributed by atoms with van der Waals surface area (Å²) in [4.78, 5) is 23.7. The van der Waals surface area contributed by atoms with Gasteiger partial charge in [0.15, 0.2) is 8.32 Å². The van der Waals surface area contributed by atoms with Crippen LogP contribution in [0.25, 0.3) is 0 Å². The number of rotatable bonds is 8. The first kappa shape index (κ1) is 22.2. The van der Waals surface area contributed by atoms with Gasteiger partial charge < -0.3 is 15.5 Å². The van der Waals surface area contributed by atoms with Crippen LogP contribution in [0.3, 0.4) is 0 Å². The zero-order chi connectivity index (χ0) is 20.1. The van der Waals surface area contributed by atoms with E-state index >= 15 is 0 Å². The van der Waals surface area contributed by atoms with Gasteiger partial charge in [0.05, 0.1) is 6.42 Å². The minimum atomic E-state index is -1.97. The number of amides is 2.